The van der Waals surface area contributed by atoms with Gasteiger partial charge in [-0.1, -0.05) is 12.1 Å². The van der Waals surface area contributed by atoms with Crippen LogP contribution in [0.25, 0.3) is 0 Å². The summed E-state index contributed by atoms with van der Waals surface area (Å²) in [6.45, 7) is 4.65. The molecule has 0 bridgehead atoms. The summed E-state index contributed by atoms with van der Waals surface area (Å²) in [6, 6.07) is 7.61. The maximum absolute atomic E-state index is 12.8. The molecule has 28 heavy (non-hydrogen) atoms. The Morgan fingerprint density at radius 2 is 1.82 bits per heavy atom. The molecule has 0 aliphatic carbocycles. The maximum atomic E-state index is 12.8. The van der Waals surface area contributed by atoms with Crippen LogP contribution in [0.15, 0.2) is 24.3 Å². The third-order valence-corrected chi connectivity index (χ3v) is 6.21. The summed E-state index contributed by atoms with van der Waals surface area (Å²) < 4.78 is 5.17. The average molecular weight is 389 g/mol. The van der Waals surface area contributed by atoms with Crippen LogP contribution >= 0.6 is 0 Å². The first-order valence-electron chi connectivity index (χ1n) is 10.4. The molecule has 1 amide bonds. The number of carbonyl (C=O) groups is 2. The number of ether oxygens (including phenoxy) is 1. The van der Waals surface area contributed by atoms with E-state index in [0.717, 1.165) is 43.8 Å². The average Bonchev–Trinajstić information content (AvgIpc) is 3.21. The molecule has 6 heteroatoms. The van der Waals surface area contributed by atoms with E-state index >= 15 is 0 Å². The van der Waals surface area contributed by atoms with Gasteiger partial charge in [-0.2, -0.15) is 0 Å². The summed E-state index contributed by atoms with van der Waals surface area (Å²) in [5.74, 6) is 0.627. The van der Waals surface area contributed by atoms with Crippen molar-refractivity contribution in [2.24, 2.45) is 11.8 Å². The number of methoxy groups -OCH3 is 1. The number of likely N-dealkylation sites (tertiary alicyclic amines) is 2. The number of piperidine rings is 1. The lowest BCUT2D eigenvalue weighted by atomic mass is 9.81. The molecule has 2 aliphatic heterocycles. The summed E-state index contributed by atoms with van der Waals surface area (Å²) in [5.41, 5.74) is 0.979. The molecule has 3 rings (SSSR count). The second-order valence-electron chi connectivity index (χ2n) is 8.11. The number of aliphatic carboxylic acids is 1. The van der Waals surface area contributed by atoms with Gasteiger partial charge in [-0.25, -0.2) is 0 Å². The number of amides is 1. The van der Waals surface area contributed by atoms with E-state index in [4.69, 9.17) is 4.74 Å². The number of nitrogens with zero attached hydrogens (tertiary/aromatic N) is 2. The van der Waals surface area contributed by atoms with Gasteiger partial charge in [0.25, 0.3) is 0 Å². The van der Waals surface area contributed by atoms with E-state index in [1.807, 2.05) is 29.2 Å². The van der Waals surface area contributed by atoms with Crippen LogP contribution in [-0.2, 0) is 16.0 Å². The molecule has 6 nitrogen and oxygen atoms in total. The van der Waals surface area contributed by atoms with Crippen LogP contribution in [0.5, 0.6) is 5.75 Å². The minimum absolute atomic E-state index is 0.130. The first-order chi connectivity index (χ1) is 13.5. The van der Waals surface area contributed by atoms with Crippen LogP contribution in [0, 0.1) is 11.8 Å². The molecule has 0 spiro atoms. The number of carboxylic acid groups (broad SMARTS) is 1. The predicted molar refractivity (Wildman–Crippen MR) is 107 cm³/mol. The molecule has 2 saturated heterocycles. The molecular formula is C22H32N2O4. The lowest BCUT2D eigenvalue weighted by Crippen LogP contribution is -2.45. The summed E-state index contributed by atoms with van der Waals surface area (Å²) in [5, 5.41) is 9.27. The highest BCUT2D eigenvalue weighted by atomic mass is 16.5. The minimum atomic E-state index is -0.728. The Balaban J connectivity index is 1.57. The van der Waals surface area contributed by atoms with E-state index in [1.165, 1.54) is 12.8 Å². The number of carbonyl (C=O) groups excluding carboxylic acids is 1. The van der Waals surface area contributed by atoms with Gasteiger partial charge in [0, 0.05) is 19.5 Å². The number of carboxylic acids is 1. The Kier molecular flexibility index (Phi) is 7.31. The Morgan fingerprint density at radius 1 is 1.11 bits per heavy atom. The number of hydrogen-bond acceptors (Lipinski definition) is 4. The predicted octanol–water partition coefficient (Wildman–Crippen LogP) is 2.66. The van der Waals surface area contributed by atoms with Gasteiger partial charge in [0.15, 0.2) is 0 Å². The zero-order valence-corrected chi connectivity index (χ0v) is 16.8. The fraction of sp³-hybridized carbons (Fsp3) is 0.636. The van der Waals surface area contributed by atoms with E-state index < -0.39 is 5.97 Å². The van der Waals surface area contributed by atoms with E-state index in [-0.39, 0.29) is 24.2 Å². The number of hydrogen-bond donors (Lipinski definition) is 1. The lowest BCUT2D eigenvalue weighted by molar-refractivity contribution is -0.139. The molecule has 154 valence electrons. The second kappa shape index (κ2) is 9.92. The molecule has 0 unspecified atom stereocenters. The monoisotopic (exact) mass is 388 g/mol. The SMILES string of the molecule is COc1ccc(CC(=O)N2CC[C@@H](CC(=O)O)[C@@H](CCN3CCCC3)C2)cc1. The van der Waals surface area contributed by atoms with Crippen LogP contribution in [0.2, 0.25) is 0 Å². The van der Waals surface area contributed by atoms with Gasteiger partial charge in [0.05, 0.1) is 13.5 Å². The van der Waals surface area contributed by atoms with Gasteiger partial charge in [-0.15, -0.1) is 0 Å². The normalized spacial score (nSPS) is 23.0. The Labute approximate surface area is 167 Å². The van der Waals surface area contributed by atoms with Crippen LogP contribution < -0.4 is 4.74 Å². The van der Waals surface area contributed by atoms with Gasteiger partial charge in [-0.05, 0) is 74.8 Å². The first kappa shape index (κ1) is 20.6. The third kappa shape index (κ3) is 5.71. The quantitative estimate of drug-likeness (QED) is 0.741. The van der Waals surface area contributed by atoms with Crippen LogP contribution in [0.3, 0.4) is 0 Å². The molecule has 1 aromatic carbocycles. The highest BCUT2D eigenvalue weighted by molar-refractivity contribution is 5.79. The van der Waals surface area contributed by atoms with Crippen molar-refractivity contribution in [3.63, 3.8) is 0 Å². The van der Waals surface area contributed by atoms with Crippen molar-refractivity contribution in [2.75, 3.05) is 39.8 Å². The molecular weight excluding hydrogens is 356 g/mol. The highest BCUT2D eigenvalue weighted by Gasteiger charge is 2.33. The minimum Gasteiger partial charge on any atom is -0.497 e. The molecule has 1 aromatic rings. The van der Waals surface area contributed by atoms with Crippen molar-refractivity contribution in [1.29, 1.82) is 0 Å². The Bertz CT molecular complexity index is 655. The summed E-state index contributed by atoms with van der Waals surface area (Å²) in [4.78, 5) is 28.5. The fourth-order valence-electron chi connectivity index (χ4n) is 4.51. The number of rotatable bonds is 8. The van der Waals surface area contributed by atoms with Crippen LogP contribution in [-0.4, -0.2) is 66.6 Å². The Hall–Kier alpha value is -2.08. The van der Waals surface area contributed by atoms with Crippen molar-refractivity contribution in [2.45, 2.75) is 38.5 Å². The maximum Gasteiger partial charge on any atom is 0.303 e. The highest BCUT2D eigenvalue weighted by Crippen LogP contribution is 2.30. The molecule has 2 atom stereocenters. The fourth-order valence-corrected chi connectivity index (χ4v) is 4.51. The zero-order valence-electron chi connectivity index (χ0n) is 16.8. The summed E-state index contributed by atoms with van der Waals surface area (Å²) in [7, 11) is 1.63. The van der Waals surface area contributed by atoms with Crippen LogP contribution in [0.4, 0.5) is 0 Å². The Morgan fingerprint density at radius 3 is 2.46 bits per heavy atom. The van der Waals surface area contributed by atoms with E-state index in [9.17, 15) is 14.7 Å². The first-order valence-corrected chi connectivity index (χ1v) is 10.4. The third-order valence-electron chi connectivity index (χ3n) is 6.21. The van der Waals surface area contributed by atoms with Gasteiger partial charge in [-0.3, -0.25) is 9.59 Å². The van der Waals surface area contributed by atoms with Gasteiger partial charge in [0.2, 0.25) is 5.91 Å². The van der Waals surface area contributed by atoms with E-state index in [0.29, 0.717) is 19.5 Å². The summed E-state index contributed by atoms with van der Waals surface area (Å²) >= 11 is 0. The smallest absolute Gasteiger partial charge is 0.303 e. The van der Waals surface area contributed by atoms with Crippen molar-refractivity contribution < 1.29 is 19.4 Å². The molecule has 2 fully saturated rings. The van der Waals surface area contributed by atoms with Gasteiger partial charge >= 0.3 is 5.97 Å². The van der Waals surface area contributed by atoms with E-state index in [1.54, 1.807) is 7.11 Å². The van der Waals surface area contributed by atoms with Crippen molar-refractivity contribution in [3.8, 4) is 5.75 Å². The lowest BCUT2D eigenvalue weighted by Gasteiger charge is -2.39. The van der Waals surface area contributed by atoms with Crippen molar-refractivity contribution in [3.05, 3.63) is 29.8 Å². The van der Waals surface area contributed by atoms with Crippen molar-refractivity contribution in [1.82, 2.24) is 9.80 Å². The van der Waals surface area contributed by atoms with E-state index in [2.05, 4.69) is 4.90 Å². The second-order valence-corrected chi connectivity index (χ2v) is 8.11. The molecule has 2 aliphatic rings. The molecule has 2 heterocycles. The zero-order chi connectivity index (χ0) is 19.9. The van der Waals surface area contributed by atoms with Gasteiger partial charge < -0.3 is 19.6 Å². The molecule has 0 aromatic heterocycles. The molecule has 1 N–H and O–H groups in total. The molecule has 0 saturated carbocycles. The van der Waals surface area contributed by atoms with Gasteiger partial charge in [0.1, 0.15) is 5.75 Å². The van der Waals surface area contributed by atoms with Crippen molar-refractivity contribution >= 4 is 11.9 Å². The largest absolute Gasteiger partial charge is 0.497 e. The standard InChI is InChI=1S/C22H32N2O4/c1-28-20-6-4-17(5-7-20)14-21(25)24-13-9-18(15-22(26)27)19(16-24)8-12-23-10-2-3-11-23/h4-7,18-19H,2-3,8-16H2,1H3,(H,26,27)/t18-,19-/m0/s1. The topological polar surface area (TPSA) is 70.1 Å². The number of benzene rings is 1. The molecule has 0 radical (unpaired) electrons. The van der Waals surface area contributed by atoms with Crippen LogP contribution in [0.1, 0.15) is 37.7 Å². The summed E-state index contributed by atoms with van der Waals surface area (Å²) in [6.07, 6.45) is 4.87.